The molecule has 0 saturated carbocycles. The predicted octanol–water partition coefficient (Wildman–Crippen LogP) is 7.56. The van der Waals surface area contributed by atoms with E-state index in [9.17, 15) is 9.32 Å². The Kier molecular flexibility index (Phi) is 7.77. The zero-order valence-electron chi connectivity index (χ0n) is 21.2. The first-order valence-electron chi connectivity index (χ1n) is 12.2. The minimum atomic E-state index is -1.03. The molecule has 3 aromatic carbocycles. The lowest BCUT2D eigenvalue weighted by molar-refractivity contribution is -0.178. The van der Waals surface area contributed by atoms with Crippen molar-refractivity contribution in [1.29, 1.82) is 5.41 Å². The van der Waals surface area contributed by atoms with Gasteiger partial charge >= 0.3 is 5.97 Å². The summed E-state index contributed by atoms with van der Waals surface area (Å²) in [4.78, 5) is 20.8. The minimum Gasteiger partial charge on any atom is -0.309 e. The molecule has 1 N–H and O–H groups in total. The van der Waals surface area contributed by atoms with Crippen molar-refractivity contribution in [1.82, 2.24) is 9.55 Å². The maximum atomic E-state index is 13.1. The molecule has 0 unspecified atom stereocenters. The highest BCUT2D eigenvalue weighted by molar-refractivity contribution is 5.91. The number of aromatic nitrogens is 2. The number of rotatable bonds is 9. The Morgan fingerprint density at radius 2 is 1.76 bits per heavy atom. The number of imidazole rings is 1. The van der Waals surface area contributed by atoms with Gasteiger partial charge in [0.1, 0.15) is 5.82 Å². The number of carbonyl (C=O) groups excluding carboxylic acids is 1. The van der Waals surface area contributed by atoms with Gasteiger partial charge in [0.25, 0.3) is 0 Å². The lowest BCUT2D eigenvalue weighted by Gasteiger charge is -2.37. The molecular formula is C31H30FN3O2. The molecule has 1 aromatic heterocycles. The average Bonchev–Trinajstić information content (AvgIpc) is 3.41. The van der Waals surface area contributed by atoms with Crippen LogP contribution >= 0.6 is 0 Å². The standard InChI is InChI=1S/C31H30FN3O2/c1-22(2)31(3,21-25(30(36)37-32)13-9-10-16-33)28-20-24-12-8-7-11-23(24)19-27(28)29-34-17-18-35(29)26-14-5-4-6-15-26/h4-20,22,33H,21H2,1-3H3/b10-9-,25-13+,33-16?/t31-/m1/s1. The van der Waals surface area contributed by atoms with Crippen molar-refractivity contribution >= 4 is 23.0 Å². The molecule has 1 atom stereocenters. The molecule has 0 radical (unpaired) electrons. The average molecular weight is 496 g/mol. The molecular weight excluding hydrogens is 465 g/mol. The van der Waals surface area contributed by atoms with E-state index in [1.807, 2.05) is 53.2 Å². The van der Waals surface area contributed by atoms with Crippen molar-refractivity contribution < 1.29 is 14.3 Å². The molecule has 0 aliphatic heterocycles. The number of nitrogens with one attached hydrogen (secondary N) is 1. The third-order valence-electron chi connectivity index (χ3n) is 7.09. The van der Waals surface area contributed by atoms with E-state index in [-0.39, 0.29) is 17.9 Å². The highest BCUT2D eigenvalue weighted by atomic mass is 19.3. The van der Waals surface area contributed by atoms with E-state index in [2.05, 4.69) is 50.0 Å². The van der Waals surface area contributed by atoms with Crippen LogP contribution in [0.1, 0.15) is 32.8 Å². The Balaban J connectivity index is 1.97. The number of hydrogen-bond donors (Lipinski definition) is 1. The molecule has 5 nitrogen and oxygen atoms in total. The number of hydrogen-bond acceptors (Lipinski definition) is 4. The highest BCUT2D eigenvalue weighted by Gasteiger charge is 2.36. The maximum Gasteiger partial charge on any atom is 0.375 e. The van der Waals surface area contributed by atoms with Crippen LogP contribution in [0.3, 0.4) is 0 Å². The predicted molar refractivity (Wildman–Crippen MR) is 147 cm³/mol. The number of benzene rings is 3. The van der Waals surface area contributed by atoms with Crippen LogP contribution in [0.2, 0.25) is 0 Å². The first-order valence-corrected chi connectivity index (χ1v) is 12.2. The molecule has 188 valence electrons. The summed E-state index contributed by atoms with van der Waals surface area (Å²) in [5.41, 5.74) is 2.51. The van der Waals surface area contributed by atoms with Crippen LogP contribution in [0.4, 0.5) is 4.53 Å². The Labute approximate surface area is 216 Å². The molecule has 6 heteroatoms. The van der Waals surface area contributed by atoms with Gasteiger partial charge in [0, 0.05) is 40.0 Å². The van der Waals surface area contributed by atoms with Crippen molar-refractivity contribution in [3.63, 3.8) is 0 Å². The molecule has 0 aliphatic carbocycles. The lowest BCUT2D eigenvalue weighted by atomic mass is 9.67. The van der Waals surface area contributed by atoms with E-state index >= 15 is 0 Å². The third-order valence-corrected chi connectivity index (χ3v) is 7.09. The van der Waals surface area contributed by atoms with Crippen molar-refractivity contribution in [2.75, 3.05) is 0 Å². The third kappa shape index (κ3) is 5.28. The quantitative estimate of drug-likeness (QED) is 0.148. The van der Waals surface area contributed by atoms with Crippen LogP contribution in [0.25, 0.3) is 27.8 Å². The second kappa shape index (κ2) is 11.2. The molecule has 0 saturated heterocycles. The second-order valence-corrected chi connectivity index (χ2v) is 9.56. The fourth-order valence-electron chi connectivity index (χ4n) is 4.68. The largest absolute Gasteiger partial charge is 0.375 e. The fraction of sp³-hybridized carbons (Fsp3) is 0.194. The molecule has 0 aliphatic rings. The number of halogens is 1. The van der Waals surface area contributed by atoms with E-state index in [0.717, 1.165) is 39.6 Å². The van der Waals surface area contributed by atoms with Crippen LogP contribution in [0.5, 0.6) is 0 Å². The van der Waals surface area contributed by atoms with Crippen molar-refractivity contribution in [2.45, 2.75) is 32.6 Å². The maximum absolute atomic E-state index is 13.1. The van der Waals surface area contributed by atoms with Gasteiger partial charge < -0.3 is 5.41 Å². The highest BCUT2D eigenvalue weighted by Crippen LogP contribution is 2.44. The van der Waals surface area contributed by atoms with Gasteiger partial charge in [0.05, 0.1) is 0 Å². The summed E-state index contributed by atoms with van der Waals surface area (Å²) in [5.74, 6) is -0.189. The first kappa shape index (κ1) is 25.8. The SMILES string of the molecule is CC(C)[C@@](C)(C/C(=C\C=C/C=N)C(=O)OF)c1cc2ccccc2cc1-c1nccn1-c1ccccc1. The number of carbonyl (C=O) groups is 1. The first-order chi connectivity index (χ1) is 17.9. The van der Waals surface area contributed by atoms with E-state index in [0.29, 0.717) is 0 Å². The van der Waals surface area contributed by atoms with E-state index < -0.39 is 11.4 Å². The summed E-state index contributed by atoms with van der Waals surface area (Å²) < 4.78 is 15.2. The van der Waals surface area contributed by atoms with Crippen LogP contribution in [-0.4, -0.2) is 21.7 Å². The van der Waals surface area contributed by atoms with Crippen LogP contribution in [-0.2, 0) is 15.2 Å². The number of fused-ring (bicyclic) bond motifs is 1. The summed E-state index contributed by atoms with van der Waals surface area (Å²) in [6, 6.07) is 22.4. The van der Waals surface area contributed by atoms with Crippen molar-refractivity contribution in [3.05, 3.63) is 108 Å². The van der Waals surface area contributed by atoms with Crippen LogP contribution < -0.4 is 0 Å². The fourth-order valence-corrected chi connectivity index (χ4v) is 4.68. The normalized spacial score (nSPS) is 13.7. The van der Waals surface area contributed by atoms with Gasteiger partial charge in [-0.05, 0) is 64.4 Å². The van der Waals surface area contributed by atoms with Crippen molar-refractivity contribution in [2.24, 2.45) is 5.92 Å². The lowest BCUT2D eigenvalue weighted by Crippen LogP contribution is -2.31. The Morgan fingerprint density at radius 3 is 2.41 bits per heavy atom. The summed E-state index contributed by atoms with van der Waals surface area (Å²) in [5, 5.41) is 9.35. The summed E-state index contributed by atoms with van der Waals surface area (Å²) >= 11 is 0. The van der Waals surface area contributed by atoms with Gasteiger partial charge in [-0.3, -0.25) is 4.57 Å². The van der Waals surface area contributed by atoms with Crippen LogP contribution in [0.15, 0.2) is 103 Å². The van der Waals surface area contributed by atoms with Gasteiger partial charge in [-0.15, -0.1) is 0 Å². The number of para-hydroxylation sites is 1. The van der Waals surface area contributed by atoms with Gasteiger partial charge in [0.2, 0.25) is 0 Å². The number of nitrogens with zero attached hydrogens (tertiary/aromatic N) is 2. The molecule has 0 amide bonds. The summed E-state index contributed by atoms with van der Waals surface area (Å²) in [6.45, 7) is 6.27. The van der Waals surface area contributed by atoms with Crippen molar-refractivity contribution in [3.8, 4) is 17.1 Å². The van der Waals surface area contributed by atoms with E-state index in [4.69, 9.17) is 10.4 Å². The topological polar surface area (TPSA) is 68.0 Å². The van der Waals surface area contributed by atoms with E-state index in [1.165, 1.54) is 12.2 Å². The number of allylic oxidation sites excluding steroid dienone is 3. The zero-order chi connectivity index (χ0) is 26.4. The van der Waals surface area contributed by atoms with Gasteiger partial charge in [-0.2, -0.15) is 0 Å². The van der Waals surface area contributed by atoms with Crippen LogP contribution in [0, 0.1) is 11.3 Å². The zero-order valence-corrected chi connectivity index (χ0v) is 21.2. The molecule has 1 heterocycles. The molecule has 0 fully saturated rings. The molecule has 4 aromatic rings. The molecule has 4 rings (SSSR count). The Hall–Kier alpha value is -4.32. The molecule has 0 bridgehead atoms. The Morgan fingerprint density at radius 1 is 1.08 bits per heavy atom. The Bertz CT molecular complexity index is 1470. The molecule has 0 spiro atoms. The van der Waals surface area contributed by atoms with Gasteiger partial charge in [0.15, 0.2) is 0 Å². The van der Waals surface area contributed by atoms with Gasteiger partial charge in [-0.1, -0.05) is 75.4 Å². The summed E-state index contributed by atoms with van der Waals surface area (Å²) in [7, 11) is 0. The second-order valence-electron chi connectivity index (χ2n) is 9.56. The molecule has 37 heavy (non-hydrogen) atoms. The smallest absolute Gasteiger partial charge is 0.309 e. The van der Waals surface area contributed by atoms with E-state index in [1.54, 1.807) is 12.3 Å². The summed E-state index contributed by atoms with van der Waals surface area (Å²) in [6.07, 6.45) is 9.57. The monoisotopic (exact) mass is 495 g/mol. The van der Waals surface area contributed by atoms with Gasteiger partial charge in [-0.25, -0.2) is 14.7 Å². The minimum absolute atomic E-state index is 0.0649.